The molecule has 0 spiro atoms. The van der Waals surface area contributed by atoms with Crippen LogP contribution in [0.15, 0.2) is 60.7 Å². The number of hydrogen-bond donors (Lipinski definition) is 1. The minimum atomic E-state index is -0.320. The van der Waals surface area contributed by atoms with E-state index in [1.807, 2.05) is 12.1 Å². The number of ketones is 1. The second-order valence-corrected chi connectivity index (χ2v) is 7.85. The fourth-order valence-corrected chi connectivity index (χ4v) is 3.86. The number of halogens is 2. The van der Waals surface area contributed by atoms with Crippen LogP contribution < -0.4 is 14.8 Å². The van der Waals surface area contributed by atoms with E-state index in [-0.39, 0.29) is 17.3 Å². The van der Waals surface area contributed by atoms with Crippen molar-refractivity contribution in [1.29, 1.82) is 0 Å². The van der Waals surface area contributed by atoms with Crippen molar-refractivity contribution in [3.05, 3.63) is 85.9 Å². The molecule has 5 nitrogen and oxygen atoms in total. The molecule has 0 saturated heterocycles. The van der Waals surface area contributed by atoms with Crippen molar-refractivity contribution in [2.24, 2.45) is 0 Å². The fourth-order valence-electron chi connectivity index (χ4n) is 3.01. The number of rotatable bonds is 4. The van der Waals surface area contributed by atoms with Crippen LogP contribution in [0.5, 0.6) is 11.5 Å². The van der Waals surface area contributed by atoms with Gasteiger partial charge in [0.1, 0.15) is 13.2 Å². The van der Waals surface area contributed by atoms with Crippen LogP contribution in [0, 0.1) is 3.57 Å². The molecule has 4 rings (SSSR count). The number of benzene rings is 3. The van der Waals surface area contributed by atoms with Gasteiger partial charge in [0, 0.05) is 15.2 Å². The number of carbonyl (C=O) groups is 2. The average molecular weight is 520 g/mol. The van der Waals surface area contributed by atoms with Crippen molar-refractivity contribution in [2.45, 2.75) is 0 Å². The van der Waals surface area contributed by atoms with Crippen molar-refractivity contribution in [3.8, 4) is 11.5 Å². The first kappa shape index (κ1) is 19.7. The Morgan fingerprint density at radius 3 is 2.17 bits per heavy atom. The van der Waals surface area contributed by atoms with Crippen molar-refractivity contribution < 1.29 is 19.1 Å². The number of amides is 1. The van der Waals surface area contributed by atoms with Gasteiger partial charge in [0.05, 0.1) is 21.8 Å². The molecule has 7 heteroatoms. The van der Waals surface area contributed by atoms with E-state index >= 15 is 0 Å². The highest BCUT2D eigenvalue weighted by Crippen LogP contribution is 2.37. The summed E-state index contributed by atoms with van der Waals surface area (Å²) in [6.45, 7) is 0.787. The first-order valence-electron chi connectivity index (χ1n) is 8.83. The third-order valence-corrected chi connectivity index (χ3v) is 5.68. The van der Waals surface area contributed by atoms with E-state index < -0.39 is 0 Å². The molecule has 0 atom stereocenters. The lowest BCUT2D eigenvalue weighted by Crippen LogP contribution is -2.19. The summed E-state index contributed by atoms with van der Waals surface area (Å²) >= 11 is 8.32. The minimum absolute atomic E-state index is 0.279. The quantitative estimate of drug-likeness (QED) is 0.380. The van der Waals surface area contributed by atoms with Gasteiger partial charge in [0.25, 0.3) is 5.91 Å². The Morgan fingerprint density at radius 1 is 0.862 bits per heavy atom. The Hall–Kier alpha value is -2.58. The van der Waals surface area contributed by atoms with E-state index in [2.05, 4.69) is 27.9 Å². The first-order chi connectivity index (χ1) is 14.0. The van der Waals surface area contributed by atoms with Crippen LogP contribution in [0.4, 0.5) is 5.69 Å². The van der Waals surface area contributed by atoms with Gasteiger partial charge in [-0.1, -0.05) is 35.9 Å². The van der Waals surface area contributed by atoms with Gasteiger partial charge in [0.15, 0.2) is 17.3 Å². The zero-order valence-corrected chi connectivity index (χ0v) is 18.0. The third-order valence-electron chi connectivity index (χ3n) is 4.41. The van der Waals surface area contributed by atoms with Gasteiger partial charge in [0.2, 0.25) is 0 Å². The zero-order chi connectivity index (χ0) is 20.4. The smallest absolute Gasteiger partial charge is 0.256 e. The predicted molar refractivity (Wildman–Crippen MR) is 119 cm³/mol. The topological polar surface area (TPSA) is 64.6 Å². The molecule has 1 N–H and O–H groups in total. The van der Waals surface area contributed by atoms with Crippen LogP contribution in [0.2, 0.25) is 5.02 Å². The van der Waals surface area contributed by atoms with Crippen molar-refractivity contribution >= 4 is 51.6 Å². The second-order valence-electron chi connectivity index (χ2n) is 6.28. The van der Waals surface area contributed by atoms with E-state index in [9.17, 15) is 9.59 Å². The number of nitrogens with one attached hydrogen (secondary N) is 1. The van der Waals surface area contributed by atoms with Crippen LogP contribution in [-0.4, -0.2) is 24.9 Å². The number of fused-ring (bicyclic) bond motifs is 1. The molecule has 3 aromatic rings. The third kappa shape index (κ3) is 4.09. The lowest BCUT2D eigenvalue weighted by molar-refractivity contribution is 0.102. The van der Waals surface area contributed by atoms with E-state index in [1.54, 1.807) is 48.5 Å². The standard InChI is InChI=1S/C22H15ClINO4/c23-16-7-3-1-5-13(16)21(26)15-11-19-20(29-10-9-28-19)12-18(15)25-22(27)14-6-2-4-8-17(14)24/h1-8,11-12H,9-10H2,(H,25,27). The molecule has 0 aromatic heterocycles. The van der Waals surface area contributed by atoms with Gasteiger partial charge in [-0.15, -0.1) is 0 Å². The molecule has 0 unspecified atom stereocenters. The summed E-state index contributed by atoms with van der Waals surface area (Å²) in [4.78, 5) is 26.1. The molecule has 1 aliphatic heterocycles. The maximum Gasteiger partial charge on any atom is 0.256 e. The summed E-state index contributed by atoms with van der Waals surface area (Å²) in [5.74, 6) is 0.300. The predicted octanol–water partition coefficient (Wildman–Crippen LogP) is 5.20. The molecule has 0 fully saturated rings. The van der Waals surface area contributed by atoms with Gasteiger partial charge in [-0.25, -0.2) is 0 Å². The number of ether oxygens (including phenoxy) is 2. The van der Waals surface area contributed by atoms with Crippen molar-refractivity contribution in [1.82, 2.24) is 0 Å². The van der Waals surface area contributed by atoms with Crippen LogP contribution >= 0.6 is 34.2 Å². The summed E-state index contributed by atoms with van der Waals surface area (Å²) in [6.07, 6.45) is 0. The van der Waals surface area contributed by atoms with Crippen LogP contribution in [0.1, 0.15) is 26.3 Å². The normalized spacial score (nSPS) is 12.3. The average Bonchev–Trinajstić information content (AvgIpc) is 2.73. The highest BCUT2D eigenvalue weighted by molar-refractivity contribution is 14.1. The number of carbonyl (C=O) groups excluding carboxylic acids is 2. The van der Waals surface area contributed by atoms with Gasteiger partial charge >= 0.3 is 0 Å². The molecule has 0 radical (unpaired) electrons. The summed E-state index contributed by atoms with van der Waals surface area (Å²) < 4.78 is 12.0. The Balaban J connectivity index is 1.78. The van der Waals surface area contributed by atoms with Gasteiger partial charge < -0.3 is 14.8 Å². The summed E-state index contributed by atoms with van der Waals surface area (Å²) in [5.41, 5.74) is 1.47. The molecular formula is C22H15ClINO4. The zero-order valence-electron chi connectivity index (χ0n) is 15.1. The molecule has 0 aliphatic carbocycles. The summed E-state index contributed by atoms with van der Waals surface area (Å²) in [5, 5.41) is 3.18. The van der Waals surface area contributed by atoms with Crippen LogP contribution in [-0.2, 0) is 0 Å². The lowest BCUT2D eigenvalue weighted by Gasteiger charge is -2.21. The number of anilines is 1. The Kier molecular flexibility index (Phi) is 5.73. The molecule has 29 heavy (non-hydrogen) atoms. The van der Waals surface area contributed by atoms with E-state index in [4.69, 9.17) is 21.1 Å². The molecular weight excluding hydrogens is 505 g/mol. The highest BCUT2D eigenvalue weighted by Gasteiger charge is 2.23. The molecule has 3 aromatic carbocycles. The van der Waals surface area contributed by atoms with Gasteiger partial charge in [-0.3, -0.25) is 9.59 Å². The second kappa shape index (κ2) is 8.42. The van der Waals surface area contributed by atoms with E-state index in [0.717, 1.165) is 3.57 Å². The van der Waals surface area contributed by atoms with Gasteiger partial charge in [-0.05, 0) is 52.9 Å². The van der Waals surface area contributed by atoms with Crippen LogP contribution in [0.25, 0.3) is 0 Å². The molecule has 0 saturated carbocycles. The van der Waals surface area contributed by atoms with E-state index in [1.165, 1.54) is 0 Å². The summed E-state index contributed by atoms with van der Waals surface area (Å²) in [6, 6.07) is 17.2. The maximum absolute atomic E-state index is 13.2. The molecule has 1 amide bonds. The van der Waals surface area contributed by atoms with Crippen molar-refractivity contribution in [2.75, 3.05) is 18.5 Å². The van der Waals surface area contributed by atoms with E-state index in [0.29, 0.717) is 46.5 Å². The molecule has 1 heterocycles. The molecule has 1 aliphatic rings. The molecule has 146 valence electrons. The first-order valence-corrected chi connectivity index (χ1v) is 10.3. The minimum Gasteiger partial charge on any atom is -0.486 e. The maximum atomic E-state index is 13.2. The number of hydrogen-bond acceptors (Lipinski definition) is 4. The Bertz CT molecular complexity index is 1120. The monoisotopic (exact) mass is 519 g/mol. The van der Waals surface area contributed by atoms with Crippen LogP contribution in [0.3, 0.4) is 0 Å². The largest absolute Gasteiger partial charge is 0.486 e. The highest BCUT2D eigenvalue weighted by atomic mass is 127. The molecule has 0 bridgehead atoms. The summed E-state index contributed by atoms with van der Waals surface area (Å²) in [7, 11) is 0. The van der Waals surface area contributed by atoms with Gasteiger partial charge in [-0.2, -0.15) is 0 Å². The SMILES string of the molecule is O=C(Nc1cc2c(cc1C(=O)c1ccccc1Cl)OCCO2)c1ccccc1I. The fraction of sp³-hybridized carbons (Fsp3) is 0.0909. The van der Waals surface area contributed by atoms with Crippen molar-refractivity contribution in [3.63, 3.8) is 0 Å². The Morgan fingerprint density at radius 2 is 1.48 bits per heavy atom. The Labute approximate surface area is 186 Å². The lowest BCUT2D eigenvalue weighted by atomic mass is 10.00.